The van der Waals surface area contributed by atoms with Crippen LogP contribution in [0.5, 0.6) is 0 Å². The highest BCUT2D eigenvalue weighted by Gasteiger charge is 2.71. The first-order valence-corrected chi connectivity index (χ1v) is 11.0. The maximum atomic E-state index is 12.7. The monoisotopic (exact) mass is 417 g/mol. The van der Waals surface area contributed by atoms with Crippen molar-refractivity contribution in [3.8, 4) is 0 Å². The molecule has 7 heteroatoms. The van der Waals surface area contributed by atoms with Gasteiger partial charge in [-0.2, -0.15) is 0 Å². The number of rotatable bonds is 7. The van der Waals surface area contributed by atoms with Crippen LogP contribution in [0.15, 0.2) is 30.3 Å². The minimum atomic E-state index is -0.406. The summed E-state index contributed by atoms with van der Waals surface area (Å²) in [6.45, 7) is 4.54. The number of likely N-dealkylation sites (tertiary alicyclic amines) is 1. The Bertz CT molecular complexity index is 734. The lowest BCUT2D eigenvalue weighted by Crippen LogP contribution is -2.44. The molecule has 164 valence electrons. The van der Waals surface area contributed by atoms with Crippen LogP contribution in [0.4, 0.5) is 4.79 Å². The molecule has 1 aliphatic carbocycles. The molecule has 1 aromatic carbocycles. The van der Waals surface area contributed by atoms with Crippen LogP contribution < -0.4 is 0 Å². The van der Waals surface area contributed by atoms with Crippen LogP contribution in [-0.2, 0) is 30.3 Å². The summed E-state index contributed by atoms with van der Waals surface area (Å²) in [6.07, 6.45) is 3.19. The molecule has 0 bridgehead atoms. The fraction of sp³-hybridized carbons (Fsp3) is 0.652. The van der Waals surface area contributed by atoms with Crippen molar-refractivity contribution in [3.05, 3.63) is 35.9 Å². The van der Waals surface area contributed by atoms with Gasteiger partial charge < -0.3 is 23.8 Å². The van der Waals surface area contributed by atoms with E-state index in [0.717, 1.165) is 31.2 Å². The summed E-state index contributed by atoms with van der Waals surface area (Å²) in [4.78, 5) is 27.0. The zero-order valence-corrected chi connectivity index (χ0v) is 17.6. The van der Waals surface area contributed by atoms with Crippen LogP contribution in [0, 0.1) is 17.3 Å². The maximum Gasteiger partial charge on any atom is 0.410 e. The smallest absolute Gasteiger partial charge is 0.410 e. The van der Waals surface area contributed by atoms with Gasteiger partial charge in [0, 0.05) is 25.1 Å². The number of hydrogen-bond acceptors (Lipinski definition) is 6. The molecular formula is C23H31NO6. The Morgan fingerprint density at radius 2 is 2.00 bits per heavy atom. The largest absolute Gasteiger partial charge is 0.466 e. The summed E-state index contributed by atoms with van der Waals surface area (Å²) in [5.74, 6) is -0.235. The molecule has 0 spiro atoms. The highest BCUT2D eigenvalue weighted by atomic mass is 16.7. The minimum absolute atomic E-state index is 0.179. The van der Waals surface area contributed by atoms with E-state index in [4.69, 9.17) is 18.9 Å². The topological polar surface area (TPSA) is 74.3 Å². The number of nitrogens with zero attached hydrogens (tertiary/aromatic N) is 1. The van der Waals surface area contributed by atoms with E-state index in [1.54, 1.807) is 4.90 Å². The van der Waals surface area contributed by atoms with Gasteiger partial charge in [0.2, 0.25) is 0 Å². The summed E-state index contributed by atoms with van der Waals surface area (Å²) in [5, 5.41) is 0. The molecule has 1 saturated carbocycles. The normalized spacial score (nSPS) is 30.3. The van der Waals surface area contributed by atoms with Gasteiger partial charge in [0.15, 0.2) is 6.29 Å². The maximum absolute atomic E-state index is 12.7. The summed E-state index contributed by atoms with van der Waals surface area (Å²) < 4.78 is 22.6. The number of carbonyl (C=O) groups excluding carboxylic acids is 2. The second kappa shape index (κ2) is 9.35. The Kier molecular flexibility index (Phi) is 6.58. The number of benzene rings is 1. The summed E-state index contributed by atoms with van der Waals surface area (Å²) in [5.41, 5.74) is 0.543. The third-order valence-corrected chi connectivity index (χ3v) is 6.53. The standard InChI is InChI=1S/C23H31NO6/c1-2-27-21(25)20-18-11-12-24(22(26)29-14-17-8-4-3-5-9-17)15-23(18,20)16-30-19-10-6-7-13-28-19/h3-5,8-9,18-20H,2,6-7,10-16H2,1H3. The van der Waals surface area contributed by atoms with Gasteiger partial charge in [-0.1, -0.05) is 30.3 Å². The number of amides is 1. The van der Waals surface area contributed by atoms with Crippen LogP contribution >= 0.6 is 0 Å². The molecule has 2 saturated heterocycles. The molecule has 1 aromatic rings. The quantitative estimate of drug-likeness (QED) is 0.634. The van der Waals surface area contributed by atoms with E-state index in [-0.39, 0.29) is 36.8 Å². The number of fused-ring (bicyclic) bond motifs is 1. The molecule has 1 amide bonds. The van der Waals surface area contributed by atoms with Gasteiger partial charge >= 0.3 is 12.1 Å². The first-order valence-electron chi connectivity index (χ1n) is 11.0. The first kappa shape index (κ1) is 21.1. The van der Waals surface area contributed by atoms with Crippen molar-refractivity contribution in [2.75, 3.05) is 32.9 Å². The van der Waals surface area contributed by atoms with Crippen molar-refractivity contribution < 1.29 is 28.5 Å². The molecular weight excluding hydrogens is 386 g/mol. The van der Waals surface area contributed by atoms with E-state index in [1.807, 2.05) is 37.3 Å². The molecule has 0 N–H and O–H groups in total. The first-order chi connectivity index (χ1) is 14.6. The van der Waals surface area contributed by atoms with Crippen LogP contribution in [0.1, 0.15) is 38.2 Å². The van der Waals surface area contributed by atoms with Gasteiger partial charge in [-0.15, -0.1) is 0 Å². The molecule has 4 atom stereocenters. The molecule has 3 aliphatic rings. The van der Waals surface area contributed by atoms with Crippen LogP contribution in [0.2, 0.25) is 0 Å². The van der Waals surface area contributed by atoms with Gasteiger partial charge in [-0.3, -0.25) is 4.79 Å². The second-order valence-corrected chi connectivity index (χ2v) is 8.43. The summed E-state index contributed by atoms with van der Waals surface area (Å²) in [7, 11) is 0. The van der Waals surface area contributed by atoms with Crippen LogP contribution in [-0.4, -0.2) is 56.2 Å². The number of piperidine rings is 1. The van der Waals surface area contributed by atoms with Crippen molar-refractivity contribution >= 4 is 12.1 Å². The molecule has 7 nitrogen and oxygen atoms in total. The third kappa shape index (κ3) is 4.47. The van der Waals surface area contributed by atoms with Crippen LogP contribution in [0.25, 0.3) is 0 Å². The van der Waals surface area contributed by atoms with Crippen LogP contribution in [0.3, 0.4) is 0 Å². The van der Waals surface area contributed by atoms with Gasteiger partial charge in [0.1, 0.15) is 6.61 Å². The highest BCUT2D eigenvalue weighted by Crippen LogP contribution is 2.63. The Balaban J connectivity index is 1.39. The average Bonchev–Trinajstić information content (AvgIpc) is 3.46. The average molecular weight is 418 g/mol. The van der Waals surface area contributed by atoms with Crippen molar-refractivity contribution in [2.45, 2.75) is 45.5 Å². The molecule has 0 radical (unpaired) electrons. The minimum Gasteiger partial charge on any atom is -0.466 e. The van der Waals surface area contributed by atoms with Crippen molar-refractivity contribution in [2.24, 2.45) is 17.3 Å². The molecule has 4 rings (SSSR count). The van der Waals surface area contributed by atoms with E-state index >= 15 is 0 Å². The van der Waals surface area contributed by atoms with Gasteiger partial charge in [-0.05, 0) is 44.1 Å². The number of ether oxygens (including phenoxy) is 4. The van der Waals surface area contributed by atoms with Gasteiger partial charge in [-0.25, -0.2) is 4.79 Å². The van der Waals surface area contributed by atoms with E-state index in [2.05, 4.69) is 0 Å². The molecule has 30 heavy (non-hydrogen) atoms. The van der Waals surface area contributed by atoms with Crippen molar-refractivity contribution in [1.29, 1.82) is 0 Å². The fourth-order valence-corrected chi connectivity index (χ4v) is 4.91. The predicted octanol–water partition coefficient (Wildman–Crippen LogP) is 3.37. The molecule has 4 unspecified atom stereocenters. The highest BCUT2D eigenvalue weighted by molar-refractivity contribution is 5.79. The zero-order valence-electron chi connectivity index (χ0n) is 17.6. The Morgan fingerprint density at radius 1 is 1.17 bits per heavy atom. The summed E-state index contributed by atoms with van der Waals surface area (Å²) >= 11 is 0. The lowest BCUT2D eigenvalue weighted by Gasteiger charge is -2.33. The van der Waals surface area contributed by atoms with E-state index in [9.17, 15) is 9.59 Å². The van der Waals surface area contributed by atoms with Crippen molar-refractivity contribution in [1.82, 2.24) is 4.90 Å². The Hall–Kier alpha value is -2.12. The molecule has 3 fully saturated rings. The lowest BCUT2D eigenvalue weighted by atomic mass is 9.97. The van der Waals surface area contributed by atoms with E-state index < -0.39 is 5.41 Å². The zero-order chi connectivity index (χ0) is 21.0. The predicted molar refractivity (Wildman–Crippen MR) is 108 cm³/mol. The molecule has 2 heterocycles. The van der Waals surface area contributed by atoms with E-state index in [0.29, 0.717) is 32.9 Å². The third-order valence-electron chi connectivity index (χ3n) is 6.53. The molecule has 2 aliphatic heterocycles. The molecule has 0 aromatic heterocycles. The van der Waals surface area contributed by atoms with Crippen molar-refractivity contribution in [3.63, 3.8) is 0 Å². The lowest BCUT2D eigenvalue weighted by molar-refractivity contribution is -0.176. The number of hydrogen-bond donors (Lipinski definition) is 0. The SMILES string of the molecule is CCOC(=O)C1C2CCN(C(=O)OCc3ccccc3)CC21COC1CCCCO1. The number of carbonyl (C=O) groups is 2. The fourth-order valence-electron chi connectivity index (χ4n) is 4.91. The Labute approximate surface area is 177 Å². The second-order valence-electron chi connectivity index (χ2n) is 8.43. The summed E-state index contributed by atoms with van der Waals surface area (Å²) in [6, 6.07) is 9.62. The van der Waals surface area contributed by atoms with E-state index in [1.165, 1.54) is 0 Å². The van der Waals surface area contributed by atoms with Gasteiger partial charge in [0.05, 0.1) is 19.1 Å². The Morgan fingerprint density at radius 3 is 2.73 bits per heavy atom. The van der Waals surface area contributed by atoms with Gasteiger partial charge in [0.25, 0.3) is 0 Å². The number of esters is 1.